The van der Waals surface area contributed by atoms with Crippen LogP contribution in [0, 0.1) is 6.92 Å². The molecule has 0 bridgehead atoms. The number of amides is 1. The van der Waals surface area contributed by atoms with Crippen molar-refractivity contribution < 1.29 is 14.3 Å². The Hall–Kier alpha value is -2.49. The number of anilines is 1. The van der Waals surface area contributed by atoms with E-state index in [2.05, 4.69) is 5.32 Å². The van der Waals surface area contributed by atoms with Crippen molar-refractivity contribution in [3.8, 4) is 11.5 Å². The van der Waals surface area contributed by atoms with Crippen molar-refractivity contribution in [3.63, 3.8) is 0 Å². The number of hydrogen-bond donors (Lipinski definition) is 1. The Morgan fingerprint density at radius 1 is 1.09 bits per heavy atom. The van der Waals surface area contributed by atoms with Crippen molar-refractivity contribution >= 4 is 11.6 Å². The van der Waals surface area contributed by atoms with Gasteiger partial charge in [0.15, 0.2) is 6.10 Å². The van der Waals surface area contributed by atoms with Gasteiger partial charge < -0.3 is 14.8 Å². The average Bonchev–Trinajstić information content (AvgIpc) is 2.56. The molecule has 4 heteroatoms. The summed E-state index contributed by atoms with van der Waals surface area (Å²) in [6.45, 7) is 6.45. The summed E-state index contributed by atoms with van der Waals surface area (Å²) in [7, 11) is 0. The first-order valence-corrected chi connectivity index (χ1v) is 7.90. The van der Waals surface area contributed by atoms with Crippen LogP contribution in [0.1, 0.15) is 25.8 Å². The summed E-state index contributed by atoms with van der Waals surface area (Å²) in [6, 6.07) is 15.0. The summed E-state index contributed by atoms with van der Waals surface area (Å²) >= 11 is 0. The van der Waals surface area contributed by atoms with Crippen molar-refractivity contribution in [1.29, 1.82) is 0 Å². The van der Waals surface area contributed by atoms with Gasteiger partial charge in [-0.1, -0.05) is 25.1 Å². The van der Waals surface area contributed by atoms with Gasteiger partial charge >= 0.3 is 0 Å². The molecule has 23 heavy (non-hydrogen) atoms. The van der Waals surface area contributed by atoms with Crippen LogP contribution in [0.25, 0.3) is 0 Å². The second-order valence-corrected chi connectivity index (χ2v) is 5.23. The smallest absolute Gasteiger partial charge is 0.265 e. The van der Waals surface area contributed by atoms with E-state index < -0.39 is 6.10 Å². The maximum atomic E-state index is 12.4. The van der Waals surface area contributed by atoms with E-state index in [0.717, 1.165) is 22.7 Å². The fourth-order valence-electron chi connectivity index (χ4n) is 2.19. The van der Waals surface area contributed by atoms with Gasteiger partial charge in [-0.15, -0.1) is 0 Å². The number of carbonyl (C=O) groups is 1. The summed E-state index contributed by atoms with van der Waals surface area (Å²) in [5, 5.41) is 2.88. The number of nitrogens with one attached hydrogen (secondary N) is 1. The predicted octanol–water partition coefficient (Wildman–Crippen LogP) is 4.19. The van der Waals surface area contributed by atoms with Crippen LogP contribution in [0.4, 0.5) is 5.69 Å². The molecule has 1 unspecified atom stereocenters. The minimum Gasteiger partial charge on any atom is -0.494 e. The Bertz CT molecular complexity index is 637. The Balaban J connectivity index is 2.01. The van der Waals surface area contributed by atoms with Crippen LogP contribution in [0.3, 0.4) is 0 Å². The molecule has 1 N–H and O–H groups in total. The molecule has 0 saturated heterocycles. The summed E-state index contributed by atoms with van der Waals surface area (Å²) in [5.74, 6) is 1.37. The van der Waals surface area contributed by atoms with Crippen LogP contribution in [0.15, 0.2) is 48.5 Å². The third-order valence-corrected chi connectivity index (χ3v) is 3.46. The van der Waals surface area contributed by atoms with Gasteiger partial charge in [0.2, 0.25) is 0 Å². The maximum absolute atomic E-state index is 12.4. The van der Waals surface area contributed by atoms with Crippen molar-refractivity contribution in [2.45, 2.75) is 33.3 Å². The zero-order valence-corrected chi connectivity index (χ0v) is 13.8. The molecule has 0 saturated carbocycles. The lowest BCUT2D eigenvalue weighted by Gasteiger charge is -2.18. The highest BCUT2D eigenvalue weighted by Crippen LogP contribution is 2.20. The summed E-state index contributed by atoms with van der Waals surface area (Å²) in [5.41, 5.74) is 1.74. The van der Waals surface area contributed by atoms with Gasteiger partial charge in [-0.25, -0.2) is 0 Å². The van der Waals surface area contributed by atoms with Gasteiger partial charge in [0.25, 0.3) is 5.91 Å². The molecule has 0 aromatic heterocycles. The molecule has 2 rings (SSSR count). The zero-order valence-electron chi connectivity index (χ0n) is 13.8. The van der Waals surface area contributed by atoms with Crippen LogP contribution < -0.4 is 14.8 Å². The van der Waals surface area contributed by atoms with Crippen LogP contribution in [-0.2, 0) is 4.79 Å². The normalized spacial score (nSPS) is 11.6. The van der Waals surface area contributed by atoms with E-state index >= 15 is 0 Å². The van der Waals surface area contributed by atoms with E-state index in [1.807, 2.05) is 69.3 Å². The SMILES string of the molecule is CCOc1ccc(NC(=O)C(CC)Oc2ccccc2C)cc1. The number of carbonyl (C=O) groups excluding carboxylic acids is 1. The van der Waals surface area contributed by atoms with Gasteiger partial charge in [-0.3, -0.25) is 4.79 Å². The third-order valence-electron chi connectivity index (χ3n) is 3.46. The molecule has 0 fully saturated rings. The minimum absolute atomic E-state index is 0.153. The second-order valence-electron chi connectivity index (χ2n) is 5.23. The molecule has 4 nitrogen and oxygen atoms in total. The van der Waals surface area contributed by atoms with E-state index in [0.29, 0.717) is 13.0 Å². The van der Waals surface area contributed by atoms with E-state index in [1.165, 1.54) is 0 Å². The van der Waals surface area contributed by atoms with E-state index in [-0.39, 0.29) is 5.91 Å². The first-order chi connectivity index (χ1) is 11.1. The highest BCUT2D eigenvalue weighted by atomic mass is 16.5. The van der Waals surface area contributed by atoms with Gasteiger partial charge in [-0.2, -0.15) is 0 Å². The first-order valence-electron chi connectivity index (χ1n) is 7.90. The largest absolute Gasteiger partial charge is 0.494 e. The molecule has 122 valence electrons. The molecule has 0 heterocycles. The lowest BCUT2D eigenvalue weighted by atomic mass is 10.2. The average molecular weight is 313 g/mol. The summed E-state index contributed by atoms with van der Waals surface area (Å²) in [6.07, 6.45) is 0.0691. The fourth-order valence-corrected chi connectivity index (χ4v) is 2.19. The Labute approximate surface area is 137 Å². The second kappa shape index (κ2) is 8.22. The number of para-hydroxylation sites is 1. The molecular weight excluding hydrogens is 290 g/mol. The predicted molar refractivity (Wildman–Crippen MR) is 92.1 cm³/mol. The molecule has 0 aliphatic heterocycles. The topological polar surface area (TPSA) is 47.6 Å². The quantitative estimate of drug-likeness (QED) is 0.833. The summed E-state index contributed by atoms with van der Waals surface area (Å²) < 4.78 is 11.2. The van der Waals surface area contributed by atoms with Crippen LogP contribution >= 0.6 is 0 Å². The molecule has 0 radical (unpaired) electrons. The minimum atomic E-state index is -0.525. The lowest BCUT2D eigenvalue weighted by molar-refractivity contribution is -0.122. The third kappa shape index (κ3) is 4.74. The van der Waals surface area contributed by atoms with Crippen LogP contribution in [-0.4, -0.2) is 18.6 Å². The number of rotatable bonds is 7. The maximum Gasteiger partial charge on any atom is 0.265 e. The Kier molecular flexibility index (Phi) is 6.03. The molecule has 0 aliphatic rings. The lowest BCUT2D eigenvalue weighted by Crippen LogP contribution is -2.32. The number of aryl methyl sites for hydroxylation is 1. The van der Waals surface area contributed by atoms with Crippen molar-refractivity contribution in [2.75, 3.05) is 11.9 Å². The highest BCUT2D eigenvalue weighted by Gasteiger charge is 2.19. The van der Waals surface area contributed by atoms with E-state index in [1.54, 1.807) is 0 Å². The molecule has 2 aromatic rings. The Morgan fingerprint density at radius 3 is 2.39 bits per heavy atom. The highest BCUT2D eigenvalue weighted by molar-refractivity contribution is 5.94. The fraction of sp³-hybridized carbons (Fsp3) is 0.316. The van der Waals surface area contributed by atoms with E-state index in [9.17, 15) is 4.79 Å². The van der Waals surface area contributed by atoms with Crippen molar-refractivity contribution in [3.05, 3.63) is 54.1 Å². The first kappa shape index (κ1) is 16.9. The van der Waals surface area contributed by atoms with Crippen molar-refractivity contribution in [2.24, 2.45) is 0 Å². The van der Waals surface area contributed by atoms with Gasteiger partial charge in [0.1, 0.15) is 11.5 Å². The monoisotopic (exact) mass is 313 g/mol. The standard InChI is InChI=1S/C19H23NO3/c1-4-17(23-18-9-7-6-8-14(18)3)19(21)20-15-10-12-16(13-11-15)22-5-2/h6-13,17H,4-5H2,1-3H3,(H,20,21). The van der Waals surface area contributed by atoms with Gasteiger partial charge in [-0.05, 0) is 56.2 Å². The number of benzene rings is 2. The molecule has 0 aliphatic carbocycles. The Morgan fingerprint density at radius 2 is 1.78 bits per heavy atom. The molecule has 0 spiro atoms. The molecule has 2 aromatic carbocycles. The summed E-state index contributed by atoms with van der Waals surface area (Å²) in [4.78, 5) is 12.4. The van der Waals surface area contributed by atoms with E-state index in [4.69, 9.17) is 9.47 Å². The molecule has 1 atom stereocenters. The van der Waals surface area contributed by atoms with Crippen LogP contribution in [0.5, 0.6) is 11.5 Å². The zero-order chi connectivity index (χ0) is 16.7. The van der Waals surface area contributed by atoms with Gasteiger partial charge in [0.05, 0.1) is 6.61 Å². The number of hydrogen-bond acceptors (Lipinski definition) is 3. The molecule has 1 amide bonds. The molecular formula is C19H23NO3. The van der Waals surface area contributed by atoms with Gasteiger partial charge in [0, 0.05) is 5.69 Å². The van der Waals surface area contributed by atoms with Crippen molar-refractivity contribution in [1.82, 2.24) is 0 Å². The van der Waals surface area contributed by atoms with Crippen LogP contribution in [0.2, 0.25) is 0 Å². The number of ether oxygens (including phenoxy) is 2.